The number of halogens is 4. The van der Waals surface area contributed by atoms with Crippen molar-refractivity contribution in [2.24, 2.45) is 5.73 Å². The Bertz CT molecular complexity index is 1580. The molecule has 0 bridgehead atoms. The SMILES string of the molecule is C.CC(C)(C)OC(=O)N1CC(I)C1.CC(C)(C)OC(=O)N1CC(c2ccccc2)C1.Cl.N[C@@H]1CCCC[C@H]1O.OB(O)c1ccccc1.[I][Ni][I].c1ccc(C2CNC2)cc1. The maximum Gasteiger partial charge on any atom is 0.00885 e. The predicted molar refractivity (Wildman–Crippen MR) is 275 cm³/mol. The first-order chi connectivity index (χ1) is 27.8. The van der Waals surface area contributed by atoms with E-state index in [-0.39, 0.29) is 49.8 Å². The van der Waals surface area contributed by atoms with E-state index in [1.807, 2.05) is 65.8 Å². The van der Waals surface area contributed by atoms with Crippen LogP contribution in [0.1, 0.15) is 97.6 Å². The molecular weight excluding hydrogens is 1180 g/mol. The summed E-state index contributed by atoms with van der Waals surface area (Å²) in [6, 6.07) is 29.7. The Morgan fingerprint density at radius 1 is 0.721 bits per heavy atom. The molecular formula is C44H69BClI3N4NiO7. The third-order valence-corrected chi connectivity index (χ3v) is 10.0. The summed E-state index contributed by atoms with van der Waals surface area (Å²) in [5.74, 6) is 1.24. The van der Waals surface area contributed by atoms with Gasteiger partial charge in [0.05, 0.1) is 6.10 Å². The van der Waals surface area contributed by atoms with Crippen molar-refractivity contribution in [1.29, 1.82) is 0 Å². The van der Waals surface area contributed by atoms with Gasteiger partial charge in [-0.3, -0.25) is 0 Å². The summed E-state index contributed by atoms with van der Waals surface area (Å²) in [6.07, 6.45) is 3.64. The average molecular weight is 1250 g/mol. The van der Waals surface area contributed by atoms with Crippen LogP contribution in [-0.4, -0.2) is 111 Å². The van der Waals surface area contributed by atoms with Gasteiger partial charge in [0.1, 0.15) is 11.2 Å². The fourth-order valence-corrected chi connectivity index (χ4v) is 6.76. The second-order valence-corrected chi connectivity index (χ2v) is 26.7. The molecule has 3 saturated heterocycles. The molecule has 3 aromatic rings. The van der Waals surface area contributed by atoms with Gasteiger partial charge in [-0.25, -0.2) is 9.59 Å². The van der Waals surface area contributed by atoms with E-state index in [0.29, 0.717) is 15.3 Å². The monoisotopic (exact) mass is 1250 g/mol. The number of nitrogens with zero attached hydrogens (tertiary/aromatic N) is 2. The first-order valence-electron chi connectivity index (χ1n) is 19.9. The maximum atomic E-state index is 11.7. The number of hydrogen-bond acceptors (Lipinski definition) is 9. The van der Waals surface area contributed by atoms with E-state index in [4.69, 9.17) is 30.4 Å². The third-order valence-electron chi connectivity index (χ3n) is 9.22. The van der Waals surface area contributed by atoms with Crippen LogP contribution >= 0.6 is 76.0 Å². The first kappa shape index (κ1) is 60.0. The molecule has 17 heteroatoms. The number of amides is 2. The molecule has 1 aliphatic carbocycles. The Hall–Kier alpha value is -0.962. The van der Waals surface area contributed by atoms with Crippen LogP contribution in [0.3, 0.4) is 0 Å². The molecule has 2 amide bonds. The fraction of sp³-hybridized carbons (Fsp3) is 0.545. The minimum atomic E-state index is -1.34. The van der Waals surface area contributed by atoms with Crippen molar-refractivity contribution in [3.63, 3.8) is 0 Å². The van der Waals surface area contributed by atoms with Crippen LogP contribution in [0, 0.1) is 0 Å². The van der Waals surface area contributed by atoms with Crippen LogP contribution in [0.25, 0.3) is 0 Å². The first-order valence-corrected chi connectivity index (χ1v) is 27.5. The molecule has 0 aromatic heterocycles. The van der Waals surface area contributed by atoms with Crippen molar-refractivity contribution in [2.45, 2.75) is 114 Å². The molecule has 4 aliphatic rings. The number of alkyl halides is 1. The van der Waals surface area contributed by atoms with Gasteiger partial charge in [-0.15, -0.1) is 12.4 Å². The van der Waals surface area contributed by atoms with Crippen molar-refractivity contribution < 1.29 is 42.3 Å². The molecule has 1 saturated carbocycles. The normalized spacial score (nSPS) is 18.2. The number of ether oxygens (including phenoxy) is 2. The molecule has 3 aromatic carbocycles. The summed E-state index contributed by atoms with van der Waals surface area (Å²) >= 11 is 6.75. The number of carbonyl (C=O) groups is 2. The summed E-state index contributed by atoms with van der Waals surface area (Å²) in [5, 5.41) is 29.5. The minimum Gasteiger partial charge on any atom is -0.315 e. The van der Waals surface area contributed by atoms with E-state index < -0.39 is 12.7 Å². The number of nitrogens with one attached hydrogen (secondary N) is 1. The van der Waals surface area contributed by atoms with Gasteiger partial charge in [0.2, 0.25) is 0 Å². The number of likely N-dealkylation sites (tertiary alicyclic amines) is 2. The van der Waals surface area contributed by atoms with Gasteiger partial charge in [-0.2, -0.15) is 0 Å². The molecule has 2 atom stereocenters. The zero-order chi connectivity index (χ0) is 44.0. The van der Waals surface area contributed by atoms with E-state index in [9.17, 15) is 9.59 Å². The molecule has 4 fully saturated rings. The number of aliphatic hydroxyl groups excluding tert-OH is 1. The van der Waals surface area contributed by atoms with Gasteiger partial charge in [-0.05, 0) is 71.0 Å². The van der Waals surface area contributed by atoms with Gasteiger partial charge in [0.25, 0.3) is 0 Å². The van der Waals surface area contributed by atoms with E-state index in [1.54, 1.807) is 42.1 Å². The predicted octanol–water partition coefficient (Wildman–Crippen LogP) is 8.88. The molecule has 348 valence electrons. The van der Waals surface area contributed by atoms with Crippen LogP contribution in [0.15, 0.2) is 91.0 Å². The smallest absolute Gasteiger partial charge is 0.00885 e. The Labute approximate surface area is 415 Å². The topological polar surface area (TPSA) is 158 Å². The van der Waals surface area contributed by atoms with Crippen LogP contribution in [-0.2, 0) is 17.5 Å². The van der Waals surface area contributed by atoms with Gasteiger partial charge in [0.15, 0.2) is 0 Å². The molecule has 0 spiro atoms. The Morgan fingerprint density at radius 3 is 1.39 bits per heavy atom. The second-order valence-electron chi connectivity index (χ2n) is 16.6. The number of benzene rings is 3. The van der Waals surface area contributed by atoms with Gasteiger partial charge >= 0.3 is 68.3 Å². The summed E-state index contributed by atoms with van der Waals surface area (Å²) in [5.41, 5.74) is 8.05. The van der Waals surface area contributed by atoms with E-state index in [2.05, 4.69) is 111 Å². The summed E-state index contributed by atoms with van der Waals surface area (Å²) in [6.45, 7) is 16.8. The number of carbonyl (C=O) groups excluding carboxylic acids is 2. The molecule has 61 heavy (non-hydrogen) atoms. The summed E-state index contributed by atoms with van der Waals surface area (Å²) in [7, 11) is 0.224. The molecule has 11 nitrogen and oxygen atoms in total. The Balaban J connectivity index is 0.000000737. The number of rotatable bonds is 3. The molecule has 0 unspecified atom stereocenters. The van der Waals surface area contributed by atoms with E-state index in [1.165, 1.54) is 17.5 Å². The van der Waals surface area contributed by atoms with Gasteiger partial charge in [0, 0.05) is 61.1 Å². The Kier molecular flexibility index (Phi) is 31.3. The molecule has 3 heterocycles. The van der Waals surface area contributed by atoms with Crippen LogP contribution < -0.4 is 16.5 Å². The van der Waals surface area contributed by atoms with Crippen molar-refractivity contribution >= 4 is 101 Å². The Morgan fingerprint density at radius 2 is 1.10 bits per heavy atom. The van der Waals surface area contributed by atoms with Gasteiger partial charge < -0.3 is 45.5 Å². The van der Waals surface area contributed by atoms with Gasteiger partial charge in [-0.1, -0.05) is 134 Å². The summed E-state index contributed by atoms with van der Waals surface area (Å²) < 4.78 is 11.1. The quantitative estimate of drug-likeness (QED) is 0.0982. The number of hydrogen-bond donors (Lipinski definition) is 5. The van der Waals surface area contributed by atoms with E-state index in [0.717, 1.165) is 64.4 Å². The van der Waals surface area contributed by atoms with Crippen LogP contribution in [0.4, 0.5) is 9.59 Å². The molecule has 7 rings (SSSR count). The summed E-state index contributed by atoms with van der Waals surface area (Å²) in [4.78, 5) is 26.5. The molecule has 3 aliphatic heterocycles. The zero-order valence-corrected chi connectivity index (χ0v) is 43.8. The van der Waals surface area contributed by atoms with Crippen molar-refractivity contribution in [2.75, 3.05) is 39.3 Å². The fourth-order valence-electron chi connectivity index (χ4n) is 5.81. The largest absolute Gasteiger partial charge is 0.315 e. The standard InChI is InChI=1S/C14H19NO2.C9H11N.C8H14INO2.C6H7BO2.C6H13NO.CH4.ClH.2HI.Ni/c1-14(2,3)17-13(16)15-9-12(10-15)11-7-5-4-6-8-11;1-2-4-8(5-3-1)9-6-10-7-9;1-8(2,3)12-7(11)10-4-6(9)5-10;8-7(9)6-4-2-1-3-5-6;7-5-3-1-2-4-6(5)8;;;;;/h4-8,12H,9-10H2,1-3H3;1-5,9-10H,6-7H2;6H,4-5H2,1-3H3;1-5,8-9H;5-6,8H,1-4,7H2;1H4;3*1H;/q;;;;;;;;;+2/p-2/t;;;;5-,6-;;;;;/m....1...../s1. The second kappa shape index (κ2) is 31.8. The van der Waals surface area contributed by atoms with Crippen LogP contribution in [0.5, 0.6) is 0 Å². The molecule has 0 radical (unpaired) electrons. The minimum absolute atomic E-state index is 0. The average Bonchev–Trinajstić information content (AvgIpc) is 3.11. The van der Waals surface area contributed by atoms with Crippen molar-refractivity contribution in [3.05, 3.63) is 102 Å². The van der Waals surface area contributed by atoms with Crippen molar-refractivity contribution in [3.8, 4) is 0 Å². The van der Waals surface area contributed by atoms with Crippen LogP contribution in [0.2, 0.25) is 0 Å². The third kappa shape index (κ3) is 25.9. The van der Waals surface area contributed by atoms with E-state index >= 15 is 0 Å². The molecule has 6 N–H and O–H groups in total. The number of nitrogens with two attached hydrogens (primary N) is 1. The maximum absolute atomic E-state index is 11.7. The van der Waals surface area contributed by atoms with Crippen molar-refractivity contribution in [1.82, 2.24) is 15.1 Å². The number of aliphatic hydroxyl groups is 1. The zero-order valence-electron chi connectivity index (χ0n) is 35.5.